The summed E-state index contributed by atoms with van der Waals surface area (Å²) in [5.74, 6) is -0.325. The number of benzene rings is 1. The van der Waals surface area contributed by atoms with Gasteiger partial charge >= 0.3 is 0 Å². The molecule has 2 aromatic rings. The van der Waals surface area contributed by atoms with Crippen LogP contribution in [0.1, 0.15) is 23.3 Å². The summed E-state index contributed by atoms with van der Waals surface area (Å²) in [5, 5.41) is 6.63. The monoisotopic (exact) mass is 419 g/mol. The Morgan fingerprint density at radius 2 is 1.96 bits per heavy atom. The van der Waals surface area contributed by atoms with Crippen molar-refractivity contribution in [3.63, 3.8) is 0 Å². The number of amides is 2. The molecule has 1 aliphatic heterocycles. The van der Waals surface area contributed by atoms with Crippen molar-refractivity contribution in [3.05, 3.63) is 47.2 Å². The molecule has 0 aliphatic carbocycles. The van der Waals surface area contributed by atoms with Crippen LogP contribution in [0.2, 0.25) is 5.02 Å². The number of thioether (sulfide) groups is 1. The van der Waals surface area contributed by atoms with Crippen molar-refractivity contribution in [3.8, 4) is 0 Å². The molecule has 28 heavy (non-hydrogen) atoms. The van der Waals surface area contributed by atoms with Gasteiger partial charge in [-0.15, -0.1) is 0 Å². The van der Waals surface area contributed by atoms with Crippen LogP contribution < -0.4 is 10.6 Å². The third-order valence-electron chi connectivity index (χ3n) is 4.47. The minimum Gasteiger partial charge on any atom is -0.348 e. The normalized spacial score (nSPS) is 15.2. The fourth-order valence-electron chi connectivity index (χ4n) is 3.02. The molecule has 2 heterocycles. The topological polar surface area (TPSA) is 87.2 Å². The van der Waals surface area contributed by atoms with E-state index in [1.165, 1.54) is 18.0 Å². The molecule has 0 spiro atoms. The molecule has 1 aliphatic rings. The number of para-hydroxylation sites is 1. The van der Waals surface area contributed by atoms with Gasteiger partial charge in [-0.1, -0.05) is 41.6 Å². The third kappa shape index (κ3) is 5.67. The van der Waals surface area contributed by atoms with Crippen LogP contribution in [0.25, 0.3) is 0 Å². The van der Waals surface area contributed by atoms with Gasteiger partial charge in [-0.3, -0.25) is 14.5 Å². The van der Waals surface area contributed by atoms with E-state index in [1.807, 2.05) is 36.6 Å². The van der Waals surface area contributed by atoms with Gasteiger partial charge in [-0.25, -0.2) is 9.97 Å². The fraction of sp³-hybridized carbons (Fsp3) is 0.368. The summed E-state index contributed by atoms with van der Waals surface area (Å²) < 4.78 is 0. The predicted molar refractivity (Wildman–Crippen MR) is 111 cm³/mol. The summed E-state index contributed by atoms with van der Waals surface area (Å²) in [4.78, 5) is 35.0. The van der Waals surface area contributed by atoms with Gasteiger partial charge in [0.05, 0.1) is 17.8 Å². The predicted octanol–water partition coefficient (Wildman–Crippen LogP) is 2.68. The SMILES string of the molecule is CSc1ncc(Cl)c(C(=O)NC2CCN(CC(=O)Nc3ccccc3)CC2)n1. The molecular formula is C19H22ClN5O2S. The minimum absolute atomic E-state index is 0.0321. The summed E-state index contributed by atoms with van der Waals surface area (Å²) >= 11 is 7.42. The number of hydrogen-bond acceptors (Lipinski definition) is 6. The first-order chi connectivity index (χ1) is 13.5. The molecule has 0 saturated carbocycles. The first-order valence-electron chi connectivity index (χ1n) is 9.00. The number of carbonyl (C=O) groups excluding carboxylic acids is 2. The summed E-state index contributed by atoms with van der Waals surface area (Å²) in [6, 6.07) is 9.43. The van der Waals surface area contributed by atoms with Crippen LogP contribution in [0.4, 0.5) is 5.69 Å². The number of hydrogen-bond donors (Lipinski definition) is 2. The third-order valence-corrected chi connectivity index (χ3v) is 5.31. The Hall–Kier alpha value is -2.16. The number of piperidine rings is 1. The lowest BCUT2D eigenvalue weighted by atomic mass is 10.0. The van der Waals surface area contributed by atoms with E-state index in [0.29, 0.717) is 11.7 Å². The maximum absolute atomic E-state index is 12.5. The van der Waals surface area contributed by atoms with E-state index in [-0.39, 0.29) is 28.6 Å². The average Bonchev–Trinajstić information content (AvgIpc) is 2.70. The number of halogens is 1. The zero-order valence-corrected chi connectivity index (χ0v) is 17.1. The second kappa shape index (κ2) is 9.86. The number of aromatic nitrogens is 2. The van der Waals surface area contributed by atoms with E-state index >= 15 is 0 Å². The lowest BCUT2D eigenvalue weighted by Gasteiger charge is -2.31. The van der Waals surface area contributed by atoms with Gasteiger partial charge in [0.15, 0.2) is 10.9 Å². The van der Waals surface area contributed by atoms with E-state index in [9.17, 15) is 9.59 Å². The van der Waals surface area contributed by atoms with Crippen LogP contribution in [0, 0.1) is 0 Å². The highest BCUT2D eigenvalue weighted by Crippen LogP contribution is 2.18. The molecule has 0 bridgehead atoms. The summed E-state index contributed by atoms with van der Waals surface area (Å²) in [7, 11) is 0. The molecule has 2 N–H and O–H groups in total. The number of carbonyl (C=O) groups is 2. The lowest BCUT2D eigenvalue weighted by Crippen LogP contribution is -2.46. The molecule has 7 nitrogen and oxygen atoms in total. The number of likely N-dealkylation sites (tertiary alicyclic amines) is 1. The number of rotatable bonds is 6. The van der Waals surface area contributed by atoms with Crippen LogP contribution in [0.3, 0.4) is 0 Å². The van der Waals surface area contributed by atoms with E-state index in [1.54, 1.807) is 0 Å². The fourth-order valence-corrected chi connectivity index (χ4v) is 3.54. The molecule has 3 rings (SSSR count). The van der Waals surface area contributed by atoms with Gasteiger partial charge in [-0.2, -0.15) is 0 Å². The molecule has 0 unspecified atom stereocenters. The van der Waals surface area contributed by atoms with E-state index in [2.05, 4.69) is 25.5 Å². The molecule has 9 heteroatoms. The summed E-state index contributed by atoms with van der Waals surface area (Å²) in [6.07, 6.45) is 4.82. The highest BCUT2D eigenvalue weighted by atomic mass is 35.5. The smallest absolute Gasteiger partial charge is 0.271 e. The maximum Gasteiger partial charge on any atom is 0.271 e. The molecule has 1 saturated heterocycles. The first-order valence-corrected chi connectivity index (χ1v) is 10.6. The zero-order valence-electron chi connectivity index (χ0n) is 15.5. The quantitative estimate of drug-likeness (QED) is 0.553. The van der Waals surface area contributed by atoms with E-state index in [4.69, 9.17) is 11.6 Å². The highest BCUT2D eigenvalue weighted by molar-refractivity contribution is 7.98. The van der Waals surface area contributed by atoms with Gasteiger partial charge in [0, 0.05) is 24.8 Å². The standard InChI is InChI=1S/C19H22ClN5O2S/c1-28-19-21-11-15(20)17(24-19)18(27)23-14-7-9-25(10-8-14)12-16(26)22-13-5-3-2-4-6-13/h2-6,11,14H,7-10,12H2,1H3,(H,22,26)(H,23,27). The van der Waals surface area contributed by atoms with Crippen LogP contribution in [-0.2, 0) is 4.79 Å². The van der Waals surface area contributed by atoms with Gasteiger partial charge in [0.2, 0.25) is 5.91 Å². The Kier molecular flexibility index (Phi) is 7.24. The second-order valence-electron chi connectivity index (χ2n) is 6.49. The van der Waals surface area contributed by atoms with Crippen molar-refractivity contribution in [1.82, 2.24) is 20.2 Å². The molecular weight excluding hydrogens is 398 g/mol. The second-order valence-corrected chi connectivity index (χ2v) is 7.67. The van der Waals surface area contributed by atoms with Crippen molar-refractivity contribution in [1.29, 1.82) is 0 Å². The molecule has 0 radical (unpaired) electrons. The molecule has 1 aromatic carbocycles. The Bertz CT molecular complexity index is 828. The molecule has 2 amide bonds. The molecule has 1 fully saturated rings. The number of nitrogens with one attached hydrogen (secondary N) is 2. The van der Waals surface area contributed by atoms with Gasteiger partial charge < -0.3 is 10.6 Å². The Morgan fingerprint density at radius 1 is 1.25 bits per heavy atom. The van der Waals surface area contributed by atoms with Gasteiger partial charge in [0.25, 0.3) is 5.91 Å². The first kappa shape index (κ1) is 20.6. The van der Waals surface area contributed by atoms with Crippen LogP contribution in [0.5, 0.6) is 0 Å². The Labute approximate surface area is 173 Å². The summed E-state index contributed by atoms with van der Waals surface area (Å²) in [6.45, 7) is 1.81. The lowest BCUT2D eigenvalue weighted by molar-refractivity contribution is -0.117. The zero-order chi connectivity index (χ0) is 19.9. The van der Waals surface area contributed by atoms with Crippen LogP contribution in [-0.4, -0.2) is 58.6 Å². The molecule has 1 aromatic heterocycles. The highest BCUT2D eigenvalue weighted by Gasteiger charge is 2.24. The minimum atomic E-state index is -0.289. The van der Waals surface area contributed by atoms with Gasteiger partial charge in [-0.05, 0) is 31.2 Å². The van der Waals surface area contributed by atoms with Crippen molar-refractivity contribution in [2.75, 3.05) is 31.2 Å². The van der Waals surface area contributed by atoms with Gasteiger partial charge in [0.1, 0.15) is 0 Å². The van der Waals surface area contributed by atoms with Crippen LogP contribution in [0.15, 0.2) is 41.7 Å². The average molecular weight is 420 g/mol. The summed E-state index contributed by atoms with van der Waals surface area (Å²) in [5.41, 5.74) is 0.992. The molecule has 148 valence electrons. The van der Waals surface area contributed by atoms with Crippen molar-refractivity contribution >= 4 is 40.9 Å². The number of nitrogens with zero attached hydrogens (tertiary/aromatic N) is 3. The Balaban J connectivity index is 1.46. The largest absolute Gasteiger partial charge is 0.348 e. The van der Waals surface area contributed by atoms with Crippen molar-refractivity contribution < 1.29 is 9.59 Å². The number of anilines is 1. The van der Waals surface area contributed by atoms with E-state index < -0.39 is 0 Å². The van der Waals surface area contributed by atoms with Crippen molar-refractivity contribution in [2.24, 2.45) is 0 Å². The van der Waals surface area contributed by atoms with Crippen molar-refractivity contribution in [2.45, 2.75) is 24.0 Å². The van der Waals surface area contributed by atoms with E-state index in [0.717, 1.165) is 31.6 Å². The maximum atomic E-state index is 12.5. The molecule has 0 atom stereocenters. The van der Waals surface area contributed by atoms with Crippen LogP contribution >= 0.6 is 23.4 Å². The Morgan fingerprint density at radius 3 is 2.64 bits per heavy atom.